The van der Waals surface area contributed by atoms with Gasteiger partial charge in [-0.25, -0.2) is 19.2 Å². The van der Waals surface area contributed by atoms with Crippen LogP contribution < -0.4 is 60.5 Å². The van der Waals surface area contributed by atoms with Gasteiger partial charge in [0.2, 0.25) is 34.8 Å². The number of benzene rings is 2. The van der Waals surface area contributed by atoms with Gasteiger partial charge in [-0.3, -0.25) is 52.6 Å². The third-order valence-corrected chi connectivity index (χ3v) is 21.5. The number of amides is 2. The SMILES string of the molecule is CC(C)N(C)C[C@H](O)c1ccc(O)c(O)c1.CC(C)N[C@@H](Cc1ccc(N(CCCl)CCCl)cc1)C(=O)O.CC(C)n1c(=O)[nH]cc(F)c1=O.CC(C)n1cc(F)c(=O)[nH]c1=O.CO[C@@]12[C@H](COC(N)=O)C3=C(C(=O)C(C)=C(N)C3=O)N1C[C@H]1[C@@H]2N1C(C)C.CO[C@@]12[C@H](COC(N)=O)C3=C(C(=O)C(C)=C(NC(C)C)C3=O)N1C[C@@H]1N[C@@H]12. The number of Topliss-reactive ketones (excluding diaryl/α,β-unsaturated/α-hetero) is 4. The van der Waals surface area contributed by atoms with E-state index in [9.17, 15) is 76.8 Å². The summed E-state index contributed by atoms with van der Waals surface area (Å²) in [5, 5.41) is 47.1. The highest BCUT2D eigenvalue weighted by Crippen LogP contribution is 2.61. The summed E-state index contributed by atoms with van der Waals surface area (Å²) in [6.07, 6.45) is -0.406. The Morgan fingerprint density at radius 3 is 1.74 bits per heavy atom. The fourth-order valence-electron chi connectivity index (χ4n) is 15.4. The number of allylic oxidation sites excluding steroid dienone is 4. The number of primary amides is 2. The topological polar surface area (TPSA) is 487 Å². The van der Waals surface area contributed by atoms with E-state index in [1.807, 2.05) is 92.5 Å². The third kappa shape index (κ3) is 19.9. The molecule has 0 bridgehead atoms. The Labute approximate surface area is 679 Å². The minimum absolute atomic E-state index is 0.0127. The number of phenols is 2. The van der Waals surface area contributed by atoms with Crippen molar-refractivity contribution in [2.45, 2.75) is 187 Å². The Morgan fingerprint density at radius 1 is 0.707 bits per heavy atom. The number of likely N-dealkylation sites (N-methyl/N-ethyl adjacent to an activating group) is 1. The number of hydrogen-bond donors (Lipinski definition) is 12. The molecule has 12 rings (SSSR count). The first kappa shape index (κ1) is 93.4. The van der Waals surface area contributed by atoms with Gasteiger partial charge in [0.1, 0.15) is 19.3 Å². The molecule has 38 heteroatoms. The highest BCUT2D eigenvalue weighted by atomic mass is 35.5. The predicted molar refractivity (Wildman–Crippen MR) is 427 cm³/mol. The molecular weight excluding hydrogens is 1560 g/mol. The molecule has 2 aromatic heterocycles. The zero-order chi connectivity index (χ0) is 86.9. The van der Waals surface area contributed by atoms with Gasteiger partial charge in [0.25, 0.3) is 11.1 Å². The molecule has 8 heterocycles. The fraction of sp³-hybridized carbons (Fsp3) is 0.551. The van der Waals surface area contributed by atoms with Crippen LogP contribution in [0.2, 0.25) is 0 Å². The molecule has 8 aliphatic rings. The number of carbonyl (C=O) groups is 7. The standard InChI is InChI=1S/2C18H24N4O5.C16H24Cl2N2O2.C12H19NO3.2C7H9FN2O2/c1-7(2)20-12-8(3)14(23)13-11(15(12)24)9(6-27-17(19)25)18(26-4)16-10(21-16)5-22(13)18;1-7(2)22-10-5-21-13-11(15(24)12(19)8(3)14(13)23)9(6-27-17(20)25)18(21,26-4)16(10)22;1-12(2)19-15(16(21)22)11-13-3-5-14(6-4-13)20(9-7-17)10-8-18;1-8(2)13(3)7-12(16)9-4-5-10(14)11(15)6-9;1-4(2)10-3-5(8)6(11)9-7(10)12;1-4(2)10-6(11)5(8)3-9-7(10)12/h7,9-10,16,20-21H,5-6H2,1-4H3,(H2,19,25);7,9-10,16H,5-6,19H2,1-4H3,(H2,20,25);3-6,12,15,19H,7-11H2,1-2H3,(H,21,22);4-6,8,12,14-16H,7H2,1-3H3;3-4H,1-2H3,(H,9,11,12);3-4H,1-2H3,(H,9,12)/t9-,10+,16+,18-;9-,10+,16+,18-,22?;15-;12-;;/m1100../s1. The van der Waals surface area contributed by atoms with Crippen molar-refractivity contribution < 1.29 is 81.7 Å². The number of methoxy groups -OCH3 is 2. The van der Waals surface area contributed by atoms with E-state index in [4.69, 9.17) is 64.5 Å². The molecule has 4 fully saturated rings. The van der Waals surface area contributed by atoms with Gasteiger partial charge in [-0.2, -0.15) is 8.78 Å². The van der Waals surface area contributed by atoms with Gasteiger partial charge in [0, 0.05) is 141 Å². The number of alkyl halides is 2. The minimum Gasteiger partial charge on any atom is -0.504 e. The largest absolute Gasteiger partial charge is 0.504 e. The zero-order valence-corrected chi connectivity index (χ0v) is 69.6. The molecule has 34 nitrogen and oxygen atoms in total. The molecule has 0 saturated carbocycles. The smallest absolute Gasteiger partial charge is 0.404 e. The van der Waals surface area contributed by atoms with Crippen LogP contribution >= 0.6 is 23.2 Å². The van der Waals surface area contributed by atoms with Crippen molar-refractivity contribution in [1.29, 1.82) is 0 Å². The van der Waals surface area contributed by atoms with E-state index in [0.29, 0.717) is 77.7 Å². The van der Waals surface area contributed by atoms with Gasteiger partial charge >= 0.3 is 29.5 Å². The number of rotatable bonds is 25. The molecule has 6 aliphatic heterocycles. The molecule has 4 saturated heterocycles. The van der Waals surface area contributed by atoms with E-state index in [1.54, 1.807) is 61.8 Å². The van der Waals surface area contributed by atoms with Crippen molar-refractivity contribution in [2.24, 2.45) is 29.0 Å². The molecule has 1 unspecified atom stereocenters. The number of fused-ring (bicyclic) bond motifs is 8. The van der Waals surface area contributed by atoms with Crippen molar-refractivity contribution in [2.75, 3.05) is 83.9 Å². The second kappa shape index (κ2) is 39.0. The number of halogens is 4. The van der Waals surface area contributed by atoms with E-state index < -0.39 is 93.5 Å². The number of ketones is 4. The summed E-state index contributed by atoms with van der Waals surface area (Å²) in [5.74, 6) is -4.39. The van der Waals surface area contributed by atoms with Crippen molar-refractivity contribution in [3.63, 3.8) is 0 Å². The van der Waals surface area contributed by atoms with Crippen molar-refractivity contribution in [3.05, 3.63) is 164 Å². The van der Waals surface area contributed by atoms with Gasteiger partial charge in [-0.05, 0) is 132 Å². The van der Waals surface area contributed by atoms with Gasteiger partial charge in [-0.15, -0.1) is 23.2 Å². The highest BCUT2D eigenvalue weighted by molar-refractivity contribution is 6.26. The number of nitrogens with zero attached hydrogens (tertiary/aromatic N) is 7. The van der Waals surface area contributed by atoms with Gasteiger partial charge in [-0.1, -0.05) is 32.0 Å². The highest BCUT2D eigenvalue weighted by Gasteiger charge is 2.77. The lowest BCUT2D eigenvalue weighted by Crippen LogP contribution is -2.56. The van der Waals surface area contributed by atoms with E-state index in [2.05, 4.69) is 44.6 Å². The van der Waals surface area contributed by atoms with Crippen LogP contribution in [0.5, 0.6) is 11.5 Å². The van der Waals surface area contributed by atoms with Crippen LogP contribution in [-0.2, 0) is 49.3 Å². The first-order valence-electron chi connectivity index (χ1n) is 37.9. The van der Waals surface area contributed by atoms with Crippen LogP contribution in [0.4, 0.5) is 24.1 Å². The molecule has 2 aliphatic carbocycles. The van der Waals surface area contributed by atoms with Crippen molar-refractivity contribution in [3.8, 4) is 11.5 Å². The summed E-state index contributed by atoms with van der Waals surface area (Å²) in [6.45, 7) is 28.7. The van der Waals surface area contributed by atoms with Crippen LogP contribution in [0.25, 0.3) is 0 Å². The van der Waals surface area contributed by atoms with Crippen molar-refractivity contribution in [1.82, 2.24) is 54.7 Å². The normalized spacial score (nSPS) is 23.0. The molecule has 0 radical (unpaired) electrons. The Morgan fingerprint density at radius 2 is 1.26 bits per heavy atom. The summed E-state index contributed by atoms with van der Waals surface area (Å²) in [6, 6.07) is 12.3. The molecule has 2 aromatic carbocycles. The summed E-state index contributed by atoms with van der Waals surface area (Å²) in [4.78, 5) is 144. The molecule has 11 atom stereocenters. The number of aliphatic hydroxyl groups is 1. The number of nitrogens with one attached hydrogen (secondary N) is 5. The number of piperazine rings is 2. The van der Waals surface area contributed by atoms with Gasteiger partial charge in [0.05, 0.1) is 59.0 Å². The summed E-state index contributed by atoms with van der Waals surface area (Å²) < 4.78 is 49.2. The van der Waals surface area contributed by atoms with Crippen LogP contribution in [0, 0.1) is 23.5 Å². The first-order chi connectivity index (χ1) is 54.4. The van der Waals surface area contributed by atoms with Crippen LogP contribution in [0.3, 0.4) is 0 Å². The number of aliphatic hydroxyl groups excluding tert-OH is 1. The number of aromatic hydroxyl groups is 2. The van der Waals surface area contributed by atoms with Crippen LogP contribution in [-0.4, -0.2) is 245 Å². The number of phenolic OH excluding ortho intramolecular Hbond substituents is 2. The number of ether oxygens (including phenoxy) is 4. The number of anilines is 1. The molecule has 116 heavy (non-hydrogen) atoms. The predicted octanol–water partition coefficient (Wildman–Crippen LogP) is 3.81. The maximum absolute atomic E-state index is 13.4. The van der Waals surface area contributed by atoms with E-state index in [0.717, 1.165) is 45.9 Å². The first-order valence-corrected chi connectivity index (χ1v) is 38.9. The lowest BCUT2D eigenvalue weighted by Gasteiger charge is -2.41. The number of carboxylic acids is 1. The number of nitrogens with two attached hydrogens (primary N) is 3. The molecule has 0 spiro atoms. The van der Waals surface area contributed by atoms with Crippen LogP contribution in [0.15, 0.2) is 119 Å². The Kier molecular flexibility index (Phi) is 31.4. The minimum atomic E-state index is -0.975. The molecule has 638 valence electrons. The number of aromatic amines is 2. The zero-order valence-electron chi connectivity index (χ0n) is 68.1. The number of hydrogen-bond acceptors (Lipinski definition) is 27. The maximum atomic E-state index is 13.4. The van der Waals surface area contributed by atoms with E-state index in [-0.39, 0.29) is 113 Å². The lowest BCUT2D eigenvalue weighted by atomic mass is 9.82. The molecular formula is C78H109Cl2F2N15O19. The second-order valence-corrected chi connectivity index (χ2v) is 31.4. The quantitative estimate of drug-likeness (QED) is 0.0194. The van der Waals surface area contributed by atoms with Crippen molar-refractivity contribution >= 4 is 70.2 Å². The number of carboxylic acid groups (broad SMARTS) is 1. The molecule has 4 aromatic rings. The Bertz CT molecular complexity index is 4700. The van der Waals surface area contributed by atoms with Gasteiger partial charge < -0.3 is 97.1 Å². The Balaban J connectivity index is 0.000000198. The van der Waals surface area contributed by atoms with Gasteiger partial charge in [0.15, 0.2) is 22.9 Å². The number of aromatic nitrogens is 4. The number of carbonyl (C=O) groups excluding carboxylic acids is 6. The maximum Gasteiger partial charge on any atom is 0.404 e. The summed E-state index contributed by atoms with van der Waals surface area (Å²) in [5.41, 5.74) is 16.1. The molecule has 2 amide bonds. The summed E-state index contributed by atoms with van der Waals surface area (Å²) in [7, 11) is 5.03. The lowest BCUT2D eigenvalue weighted by molar-refractivity contribution is -0.146. The van der Waals surface area contributed by atoms with E-state index >= 15 is 0 Å². The summed E-state index contributed by atoms with van der Waals surface area (Å²) >= 11 is 11.6. The monoisotopic (exact) mass is 1670 g/mol. The van der Waals surface area contributed by atoms with Crippen LogP contribution in [0.1, 0.15) is 126 Å². The third-order valence-electron chi connectivity index (χ3n) is 21.2. The number of aliphatic carboxylic acids is 1. The second-order valence-electron chi connectivity index (χ2n) is 30.7. The van der Waals surface area contributed by atoms with E-state index in [1.165, 1.54) is 12.1 Å². The fourth-order valence-corrected chi connectivity index (χ4v) is 15.8. The average Bonchev–Trinajstić information content (AvgIpc) is 1.49. The molecule has 15 N–H and O–H groups in total. The Hall–Kier alpha value is -9.79. The number of H-pyrrole nitrogens is 2. The average molecular weight is 1670 g/mol.